The highest BCUT2D eigenvalue weighted by Crippen LogP contribution is 2.32. The van der Waals surface area contributed by atoms with Crippen molar-refractivity contribution < 1.29 is 8.42 Å². The molecule has 0 bridgehead atoms. The lowest BCUT2D eigenvalue weighted by molar-refractivity contribution is 0.164. The van der Waals surface area contributed by atoms with Crippen LogP contribution in [0.5, 0.6) is 0 Å². The largest absolute Gasteiger partial charge is 0.299 e. The van der Waals surface area contributed by atoms with Crippen LogP contribution in [0.2, 0.25) is 0 Å². The van der Waals surface area contributed by atoms with Gasteiger partial charge in [0.1, 0.15) is 0 Å². The molecular weight excluding hydrogens is 310 g/mol. The third-order valence-electron chi connectivity index (χ3n) is 4.91. The maximum Gasteiger partial charge on any atom is 0.216 e. The van der Waals surface area contributed by atoms with Crippen LogP contribution in [-0.2, 0) is 16.6 Å². The first-order chi connectivity index (χ1) is 11.0. The summed E-state index contributed by atoms with van der Waals surface area (Å²) in [6, 6.07) is 9.94. The number of hydrogen-bond acceptors (Lipinski definition) is 4. The Balaban J connectivity index is 1.53. The van der Waals surface area contributed by atoms with Gasteiger partial charge in [-0.2, -0.15) is 5.26 Å². The number of likely N-dealkylation sites (tertiary alicyclic amines) is 1. The molecule has 0 atom stereocenters. The Hall–Kier alpha value is -1.42. The van der Waals surface area contributed by atoms with Crippen molar-refractivity contribution in [3.05, 3.63) is 35.4 Å². The molecule has 0 unspecified atom stereocenters. The van der Waals surface area contributed by atoms with E-state index in [0.717, 1.165) is 45.3 Å². The average molecular weight is 333 g/mol. The Bertz CT molecular complexity index is 682. The predicted octanol–water partition coefficient (Wildman–Crippen LogP) is 1.95. The highest BCUT2D eigenvalue weighted by Gasteiger charge is 2.41. The number of rotatable bonds is 5. The summed E-state index contributed by atoms with van der Waals surface area (Å²) in [5.74, 6) is 0. The summed E-state index contributed by atoms with van der Waals surface area (Å²) >= 11 is 0. The Kier molecular flexibility index (Phi) is 4.72. The van der Waals surface area contributed by atoms with Gasteiger partial charge in [0.2, 0.25) is 10.0 Å². The Labute approximate surface area is 138 Å². The summed E-state index contributed by atoms with van der Waals surface area (Å²) in [4.78, 5) is 2.36. The van der Waals surface area contributed by atoms with E-state index in [-0.39, 0.29) is 11.3 Å². The van der Waals surface area contributed by atoms with Crippen molar-refractivity contribution in [1.29, 1.82) is 5.26 Å². The van der Waals surface area contributed by atoms with Gasteiger partial charge in [-0.05, 0) is 43.4 Å². The molecule has 0 amide bonds. The molecule has 1 saturated heterocycles. The number of piperidine rings is 1. The van der Waals surface area contributed by atoms with Crippen molar-refractivity contribution in [3.63, 3.8) is 0 Å². The van der Waals surface area contributed by atoms with E-state index in [4.69, 9.17) is 5.26 Å². The highest BCUT2D eigenvalue weighted by molar-refractivity contribution is 7.90. The number of hydrogen-bond donors (Lipinski definition) is 0. The van der Waals surface area contributed by atoms with Crippen LogP contribution in [0, 0.1) is 11.3 Å². The van der Waals surface area contributed by atoms with Gasteiger partial charge in [-0.1, -0.05) is 12.1 Å². The number of nitriles is 1. The normalized spacial score (nSPS) is 20.6. The predicted molar refractivity (Wildman–Crippen MR) is 89.2 cm³/mol. The third-order valence-corrected chi connectivity index (χ3v) is 7.32. The zero-order valence-electron chi connectivity index (χ0n) is 13.5. The molecule has 0 spiro atoms. The molecule has 1 aliphatic carbocycles. The summed E-state index contributed by atoms with van der Waals surface area (Å²) in [5.41, 5.74) is 1.88. The van der Waals surface area contributed by atoms with E-state index in [1.807, 2.05) is 24.3 Å². The third kappa shape index (κ3) is 3.74. The minimum Gasteiger partial charge on any atom is -0.299 e. The van der Waals surface area contributed by atoms with E-state index < -0.39 is 10.0 Å². The van der Waals surface area contributed by atoms with Gasteiger partial charge < -0.3 is 0 Å². The van der Waals surface area contributed by atoms with Gasteiger partial charge >= 0.3 is 0 Å². The second-order valence-electron chi connectivity index (χ2n) is 6.58. The van der Waals surface area contributed by atoms with Crippen LogP contribution in [0.1, 0.15) is 36.8 Å². The van der Waals surface area contributed by atoms with Gasteiger partial charge in [0, 0.05) is 32.7 Å². The molecule has 1 aromatic carbocycles. The van der Waals surface area contributed by atoms with E-state index >= 15 is 0 Å². The van der Waals surface area contributed by atoms with Crippen LogP contribution in [0.15, 0.2) is 24.3 Å². The molecule has 0 radical (unpaired) electrons. The smallest absolute Gasteiger partial charge is 0.216 e. The van der Waals surface area contributed by atoms with Crippen molar-refractivity contribution in [1.82, 2.24) is 9.21 Å². The van der Waals surface area contributed by atoms with E-state index in [1.165, 1.54) is 5.56 Å². The second kappa shape index (κ2) is 6.60. The summed E-state index contributed by atoms with van der Waals surface area (Å²) < 4.78 is 26.3. The van der Waals surface area contributed by atoms with Crippen LogP contribution < -0.4 is 0 Å². The van der Waals surface area contributed by atoms with Crippen molar-refractivity contribution in [2.24, 2.45) is 0 Å². The topological polar surface area (TPSA) is 64.4 Å². The second-order valence-corrected chi connectivity index (χ2v) is 8.85. The SMILES string of the molecule is CN(C1CCN(Cc2ccc(C#N)cc2)CC1)S(=O)(=O)C1CC1. The molecule has 1 heterocycles. The fraction of sp³-hybridized carbons (Fsp3) is 0.588. The number of nitrogens with zero attached hydrogens (tertiary/aromatic N) is 3. The average Bonchev–Trinajstić information content (AvgIpc) is 3.41. The molecule has 1 saturated carbocycles. The van der Waals surface area contributed by atoms with Crippen LogP contribution in [0.25, 0.3) is 0 Å². The van der Waals surface area contributed by atoms with Gasteiger partial charge in [0.25, 0.3) is 0 Å². The van der Waals surface area contributed by atoms with Crippen molar-refractivity contribution in [2.75, 3.05) is 20.1 Å². The quantitative estimate of drug-likeness (QED) is 0.826. The summed E-state index contributed by atoms with van der Waals surface area (Å²) in [6.45, 7) is 2.68. The van der Waals surface area contributed by atoms with Crippen molar-refractivity contribution in [2.45, 2.75) is 43.5 Å². The standard InChI is InChI=1S/C17H23N3O2S/c1-19(23(21,22)17-6-7-17)16-8-10-20(11-9-16)13-15-4-2-14(12-18)3-5-15/h2-5,16-17H,6-11,13H2,1H3. The molecule has 23 heavy (non-hydrogen) atoms. The maximum atomic E-state index is 12.3. The molecule has 2 fully saturated rings. The summed E-state index contributed by atoms with van der Waals surface area (Å²) in [5, 5.41) is 8.70. The van der Waals surface area contributed by atoms with Gasteiger partial charge in [0.05, 0.1) is 16.9 Å². The maximum absolute atomic E-state index is 12.3. The lowest BCUT2D eigenvalue weighted by atomic mass is 10.0. The molecule has 1 aromatic rings. The van der Waals surface area contributed by atoms with Crippen molar-refractivity contribution in [3.8, 4) is 6.07 Å². The molecular formula is C17H23N3O2S. The van der Waals surface area contributed by atoms with Crippen LogP contribution in [0.3, 0.4) is 0 Å². The van der Waals surface area contributed by atoms with E-state index in [0.29, 0.717) is 5.56 Å². The summed E-state index contributed by atoms with van der Waals surface area (Å²) in [6.07, 6.45) is 3.42. The zero-order valence-corrected chi connectivity index (χ0v) is 14.3. The van der Waals surface area contributed by atoms with E-state index in [9.17, 15) is 8.42 Å². The van der Waals surface area contributed by atoms with Crippen LogP contribution >= 0.6 is 0 Å². The number of benzene rings is 1. The molecule has 5 nitrogen and oxygen atoms in total. The van der Waals surface area contributed by atoms with Crippen molar-refractivity contribution >= 4 is 10.0 Å². The summed E-state index contributed by atoms with van der Waals surface area (Å²) in [7, 11) is -1.32. The highest BCUT2D eigenvalue weighted by atomic mass is 32.2. The first-order valence-corrected chi connectivity index (χ1v) is 9.69. The lowest BCUT2D eigenvalue weighted by Gasteiger charge is -2.36. The van der Waals surface area contributed by atoms with Crippen LogP contribution in [-0.4, -0.2) is 49.1 Å². The first kappa shape index (κ1) is 16.4. The molecule has 6 heteroatoms. The minimum atomic E-state index is -3.07. The van der Waals surface area contributed by atoms with Gasteiger partial charge in [-0.15, -0.1) is 0 Å². The zero-order chi connectivity index (χ0) is 16.4. The fourth-order valence-electron chi connectivity index (χ4n) is 3.19. The fourth-order valence-corrected chi connectivity index (χ4v) is 5.02. The van der Waals surface area contributed by atoms with E-state index in [2.05, 4.69) is 11.0 Å². The van der Waals surface area contributed by atoms with E-state index in [1.54, 1.807) is 11.4 Å². The Morgan fingerprint density at radius 1 is 1.17 bits per heavy atom. The number of sulfonamides is 1. The molecule has 0 aromatic heterocycles. The Morgan fingerprint density at radius 2 is 1.78 bits per heavy atom. The lowest BCUT2D eigenvalue weighted by Crippen LogP contribution is -2.46. The molecule has 124 valence electrons. The monoisotopic (exact) mass is 333 g/mol. The van der Waals surface area contributed by atoms with Gasteiger partial charge in [0.15, 0.2) is 0 Å². The van der Waals surface area contributed by atoms with Crippen LogP contribution in [0.4, 0.5) is 0 Å². The first-order valence-electron chi connectivity index (χ1n) is 8.19. The Morgan fingerprint density at radius 3 is 2.30 bits per heavy atom. The van der Waals surface area contributed by atoms with Gasteiger partial charge in [-0.3, -0.25) is 4.90 Å². The molecule has 1 aliphatic heterocycles. The van der Waals surface area contributed by atoms with Gasteiger partial charge in [-0.25, -0.2) is 12.7 Å². The molecule has 0 N–H and O–H groups in total. The molecule has 3 rings (SSSR count). The molecule has 2 aliphatic rings. The minimum absolute atomic E-state index is 0.121.